The van der Waals surface area contributed by atoms with E-state index in [1.54, 1.807) is 38.1 Å². The van der Waals surface area contributed by atoms with E-state index in [0.717, 1.165) is 0 Å². The minimum Gasteiger partial charge on any atom is -0.497 e. The fourth-order valence-electron chi connectivity index (χ4n) is 3.33. The van der Waals surface area contributed by atoms with Gasteiger partial charge in [-0.2, -0.15) is 0 Å². The van der Waals surface area contributed by atoms with Crippen LogP contribution in [0.2, 0.25) is 0 Å². The fraction of sp³-hybridized carbons (Fsp3) is 0.409. The molecule has 0 bridgehead atoms. The van der Waals surface area contributed by atoms with E-state index in [1.165, 1.54) is 19.1 Å². The van der Waals surface area contributed by atoms with Crippen molar-refractivity contribution >= 4 is 17.7 Å². The van der Waals surface area contributed by atoms with Crippen molar-refractivity contribution in [3.8, 4) is 5.75 Å². The number of benzene rings is 1. The maximum absolute atomic E-state index is 13.1. The van der Waals surface area contributed by atoms with Crippen molar-refractivity contribution in [2.45, 2.75) is 27.7 Å². The lowest BCUT2D eigenvalue weighted by Crippen LogP contribution is -2.38. The molecule has 0 aliphatic carbocycles. The highest BCUT2D eigenvalue weighted by atomic mass is 16.5. The number of carbonyl (C=O) groups excluding carboxylic acids is 3. The van der Waals surface area contributed by atoms with E-state index in [9.17, 15) is 14.4 Å². The molecule has 2 aromatic rings. The summed E-state index contributed by atoms with van der Waals surface area (Å²) in [6, 6.07) is 6.85. The predicted molar refractivity (Wildman–Crippen MR) is 110 cm³/mol. The lowest BCUT2D eigenvalue weighted by atomic mass is 10.0. The third kappa shape index (κ3) is 5.04. The topological polar surface area (TPSA) is 88.7 Å². The number of aromatic nitrogens is 1. The van der Waals surface area contributed by atoms with E-state index >= 15 is 0 Å². The highest BCUT2D eigenvalue weighted by molar-refractivity contribution is 6.05. The second-order valence-electron chi connectivity index (χ2n) is 7.35. The average Bonchev–Trinajstić information content (AvgIpc) is 3.00. The zero-order chi connectivity index (χ0) is 21.7. The Balaban J connectivity index is 2.33. The van der Waals surface area contributed by atoms with E-state index in [0.29, 0.717) is 34.7 Å². The summed E-state index contributed by atoms with van der Waals surface area (Å²) in [6.07, 6.45) is 0. The number of carbonyl (C=O) groups is 3. The average molecular weight is 400 g/mol. The van der Waals surface area contributed by atoms with Crippen LogP contribution in [0.4, 0.5) is 0 Å². The first-order chi connectivity index (χ1) is 13.7. The number of methoxy groups -OCH3 is 2. The molecular weight excluding hydrogens is 372 g/mol. The zero-order valence-electron chi connectivity index (χ0n) is 17.8. The molecule has 0 saturated heterocycles. The van der Waals surface area contributed by atoms with Crippen LogP contribution in [0, 0.1) is 19.8 Å². The SMILES string of the molecule is COC(=O)c1[nH]c(C)c(C(=O)CN(CC(C)C)C(=O)c2cccc(OC)c2)c1C. The number of ketones is 1. The van der Waals surface area contributed by atoms with Crippen LogP contribution in [0.25, 0.3) is 0 Å². The zero-order valence-corrected chi connectivity index (χ0v) is 17.8. The van der Waals surface area contributed by atoms with Crippen LogP contribution in [0.1, 0.15) is 56.3 Å². The van der Waals surface area contributed by atoms with Gasteiger partial charge in [0.15, 0.2) is 5.78 Å². The number of Topliss-reactive ketones (excluding diaryl/α,β-unsaturated/α-hetero) is 1. The molecule has 0 fully saturated rings. The molecule has 1 amide bonds. The molecule has 0 aliphatic rings. The molecule has 2 rings (SSSR count). The Hall–Kier alpha value is -3.09. The Morgan fingerprint density at radius 3 is 2.41 bits per heavy atom. The molecule has 0 spiro atoms. The van der Waals surface area contributed by atoms with E-state index < -0.39 is 5.97 Å². The van der Waals surface area contributed by atoms with Gasteiger partial charge in [0, 0.05) is 23.4 Å². The van der Waals surface area contributed by atoms with Crippen LogP contribution in [0.3, 0.4) is 0 Å². The van der Waals surface area contributed by atoms with Gasteiger partial charge in [0.25, 0.3) is 5.91 Å². The first kappa shape index (κ1) is 22.2. The highest BCUT2D eigenvalue weighted by Crippen LogP contribution is 2.21. The number of aromatic amines is 1. The molecule has 29 heavy (non-hydrogen) atoms. The Morgan fingerprint density at radius 2 is 1.83 bits per heavy atom. The minimum absolute atomic E-state index is 0.0889. The molecule has 0 saturated carbocycles. The molecule has 0 unspecified atom stereocenters. The summed E-state index contributed by atoms with van der Waals surface area (Å²) < 4.78 is 9.96. The van der Waals surface area contributed by atoms with Crippen molar-refractivity contribution in [2.24, 2.45) is 5.92 Å². The summed E-state index contributed by atoms with van der Waals surface area (Å²) in [5.74, 6) is -0.257. The summed E-state index contributed by atoms with van der Waals surface area (Å²) in [4.78, 5) is 42.5. The Kier molecular flexibility index (Phi) is 7.20. The van der Waals surface area contributed by atoms with Gasteiger partial charge in [0.2, 0.25) is 0 Å². The van der Waals surface area contributed by atoms with Crippen LogP contribution in [-0.4, -0.2) is 54.9 Å². The molecule has 1 aromatic heterocycles. The van der Waals surface area contributed by atoms with E-state index in [1.807, 2.05) is 13.8 Å². The highest BCUT2D eigenvalue weighted by Gasteiger charge is 2.26. The molecule has 0 aliphatic heterocycles. The minimum atomic E-state index is -0.531. The third-order valence-electron chi connectivity index (χ3n) is 4.63. The van der Waals surface area contributed by atoms with Gasteiger partial charge in [0.05, 0.1) is 20.8 Å². The van der Waals surface area contributed by atoms with Gasteiger partial charge < -0.3 is 19.4 Å². The maximum Gasteiger partial charge on any atom is 0.354 e. The number of hydrogen-bond donors (Lipinski definition) is 1. The molecular formula is C22H28N2O5. The van der Waals surface area contributed by atoms with Gasteiger partial charge in [-0.25, -0.2) is 4.79 Å². The number of H-pyrrole nitrogens is 1. The van der Waals surface area contributed by atoms with Crippen LogP contribution >= 0.6 is 0 Å². The van der Waals surface area contributed by atoms with E-state index in [2.05, 4.69) is 4.98 Å². The van der Waals surface area contributed by atoms with Gasteiger partial charge in [-0.1, -0.05) is 19.9 Å². The van der Waals surface area contributed by atoms with Crippen LogP contribution < -0.4 is 4.74 Å². The number of esters is 1. The summed E-state index contributed by atoms with van der Waals surface area (Å²) in [5.41, 5.74) is 2.22. The van der Waals surface area contributed by atoms with E-state index in [-0.39, 0.29) is 29.8 Å². The van der Waals surface area contributed by atoms with Crippen molar-refractivity contribution in [1.82, 2.24) is 9.88 Å². The van der Waals surface area contributed by atoms with Crippen LogP contribution in [0.15, 0.2) is 24.3 Å². The summed E-state index contributed by atoms with van der Waals surface area (Å²) >= 11 is 0. The first-order valence-electron chi connectivity index (χ1n) is 9.43. The number of rotatable bonds is 8. The van der Waals surface area contributed by atoms with Gasteiger partial charge in [0.1, 0.15) is 11.4 Å². The molecule has 7 nitrogen and oxygen atoms in total. The second kappa shape index (κ2) is 9.41. The third-order valence-corrected chi connectivity index (χ3v) is 4.63. The van der Waals surface area contributed by atoms with Gasteiger partial charge in [-0.3, -0.25) is 9.59 Å². The summed E-state index contributed by atoms with van der Waals surface area (Å²) in [6.45, 7) is 7.72. The quantitative estimate of drug-likeness (QED) is 0.542. The first-order valence-corrected chi connectivity index (χ1v) is 9.43. The van der Waals surface area contributed by atoms with Crippen molar-refractivity contribution < 1.29 is 23.9 Å². The summed E-state index contributed by atoms with van der Waals surface area (Å²) in [7, 11) is 2.83. The molecule has 0 radical (unpaired) electrons. The number of amides is 1. The van der Waals surface area contributed by atoms with E-state index in [4.69, 9.17) is 9.47 Å². The number of ether oxygens (including phenoxy) is 2. The predicted octanol–water partition coefficient (Wildman–Crippen LogP) is 3.41. The molecule has 0 atom stereocenters. The second-order valence-corrected chi connectivity index (χ2v) is 7.35. The normalized spacial score (nSPS) is 10.7. The number of nitrogens with one attached hydrogen (secondary N) is 1. The lowest BCUT2D eigenvalue weighted by Gasteiger charge is -2.24. The van der Waals surface area contributed by atoms with Crippen molar-refractivity contribution in [2.75, 3.05) is 27.3 Å². The van der Waals surface area contributed by atoms with Gasteiger partial charge in [-0.05, 0) is 43.5 Å². The van der Waals surface area contributed by atoms with Gasteiger partial charge >= 0.3 is 5.97 Å². The smallest absolute Gasteiger partial charge is 0.354 e. The molecule has 7 heteroatoms. The monoisotopic (exact) mass is 400 g/mol. The summed E-state index contributed by atoms with van der Waals surface area (Å²) in [5, 5.41) is 0. The molecule has 1 N–H and O–H groups in total. The van der Waals surface area contributed by atoms with Crippen LogP contribution in [-0.2, 0) is 4.74 Å². The molecule has 1 aromatic carbocycles. The van der Waals surface area contributed by atoms with Crippen LogP contribution in [0.5, 0.6) is 5.75 Å². The fourth-order valence-corrected chi connectivity index (χ4v) is 3.33. The molecule has 156 valence electrons. The Labute approximate surface area is 171 Å². The molecule has 1 heterocycles. The number of aryl methyl sites for hydroxylation is 1. The van der Waals surface area contributed by atoms with Gasteiger partial charge in [-0.15, -0.1) is 0 Å². The number of nitrogens with zero attached hydrogens (tertiary/aromatic N) is 1. The number of hydrogen-bond acceptors (Lipinski definition) is 5. The lowest BCUT2D eigenvalue weighted by molar-refractivity contribution is 0.0593. The maximum atomic E-state index is 13.1. The van der Waals surface area contributed by atoms with Crippen molar-refractivity contribution in [3.05, 3.63) is 52.3 Å². The Morgan fingerprint density at radius 1 is 1.14 bits per heavy atom. The van der Waals surface area contributed by atoms with Crippen molar-refractivity contribution in [3.63, 3.8) is 0 Å². The Bertz CT molecular complexity index is 914. The largest absolute Gasteiger partial charge is 0.497 e. The van der Waals surface area contributed by atoms with Crippen molar-refractivity contribution in [1.29, 1.82) is 0 Å². The standard InChI is InChI=1S/C22H28N2O5/c1-13(2)11-24(21(26)16-8-7-9-17(10-16)28-5)12-18(25)19-14(3)20(22(27)29-6)23-15(19)4/h7-10,13,23H,11-12H2,1-6H3.